The number of nitrogens with one attached hydrogen (secondary N) is 2. The van der Waals surface area contributed by atoms with Crippen molar-refractivity contribution in [3.05, 3.63) is 24.3 Å². The number of hydrogen-bond donors (Lipinski definition) is 2. The largest absolute Gasteiger partial charge is 0.573 e. The van der Waals surface area contributed by atoms with Crippen LogP contribution in [-0.4, -0.2) is 24.9 Å². The van der Waals surface area contributed by atoms with Crippen LogP contribution in [-0.2, 0) is 4.79 Å². The Bertz CT molecular complexity index is 418. The number of halogens is 3. The third-order valence-corrected chi connectivity index (χ3v) is 2.22. The van der Waals surface area contributed by atoms with Crippen molar-refractivity contribution < 1.29 is 22.7 Å². The highest BCUT2D eigenvalue weighted by molar-refractivity contribution is 5.84. The molecule has 1 amide bonds. The molecule has 1 atom stereocenters. The Morgan fingerprint density at radius 1 is 1.32 bits per heavy atom. The predicted molar refractivity (Wildman–Crippen MR) is 64.9 cm³/mol. The first-order valence-corrected chi connectivity index (χ1v) is 5.72. The van der Waals surface area contributed by atoms with E-state index in [-0.39, 0.29) is 11.7 Å². The number of anilines is 1. The topological polar surface area (TPSA) is 50.4 Å². The van der Waals surface area contributed by atoms with Crippen molar-refractivity contribution in [2.45, 2.75) is 26.3 Å². The molecular formula is C12H15F3N2O2. The zero-order valence-electron chi connectivity index (χ0n) is 10.5. The van der Waals surface area contributed by atoms with Crippen molar-refractivity contribution in [2.24, 2.45) is 0 Å². The van der Waals surface area contributed by atoms with Crippen molar-refractivity contribution in [3.8, 4) is 5.75 Å². The van der Waals surface area contributed by atoms with Crippen LogP contribution in [0.25, 0.3) is 0 Å². The molecule has 1 rings (SSSR count). The number of benzene rings is 1. The summed E-state index contributed by atoms with van der Waals surface area (Å²) in [4.78, 5) is 11.5. The summed E-state index contributed by atoms with van der Waals surface area (Å²) in [5, 5.41) is 5.50. The van der Waals surface area contributed by atoms with Gasteiger partial charge in [0.1, 0.15) is 11.8 Å². The van der Waals surface area contributed by atoms with E-state index in [1.807, 2.05) is 0 Å². The third kappa shape index (κ3) is 5.50. The number of likely N-dealkylation sites (N-methyl/N-ethyl adjacent to an activating group) is 1. The minimum absolute atomic E-state index is 0.182. The molecule has 0 saturated heterocycles. The van der Waals surface area contributed by atoms with E-state index in [0.717, 1.165) is 0 Å². The van der Waals surface area contributed by atoms with Crippen molar-refractivity contribution in [1.82, 2.24) is 5.32 Å². The van der Waals surface area contributed by atoms with Gasteiger partial charge in [0.15, 0.2) is 0 Å². The van der Waals surface area contributed by atoms with Crippen LogP contribution in [0.15, 0.2) is 24.3 Å². The molecule has 0 aromatic heterocycles. The Morgan fingerprint density at radius 3 is 2.37 bits per heavy atom. The van der Waals surface area contributed by atoms with Gasteiger partial charge in [0.25, 0.3) is 0 Å². The Labute approximate surface area is 108 Å². The molecule has 0 radical (unpaired) electrons. The molecule has 0 fully saturated rings. The van der Waals surface area contributed by atoms with Gasteiger partial charge in [-0.2, -0.15) is 0 Å². The maximum absolute atomic E-state index is 12.0. The maximum Gasteiger partial charge on any atom is 0.573 e. The van der Waals surface area contributed by atoms with Gasteiger partial charge in [-0.25, -0.2) is 0 Å². The molecule has 1 unspecified atom stereocenters. The monoisotopic (exact) mass is 276 g/mol. The van der Waals surface area contributed by atoms with Gasteiger partial charge in [-0.1, -0.05) is 0 Å². The fraction of sp³-hybridized carbons (Fsp3) is 0.417. The van der Waals surface area contributed by atoms with Crippen molar-refractivity contribution >= 4 is 11.6 Å². The molecule has 0 aliphatic carbocycles. The lowest BCUT2D eigenvalue weighted by atomic mass is 10.2. The molecule has 2 N–H and O–H groups in total. The summed E-state index contributed by atoms with van der Waals surface area (Å²) in [5.74, 6) is -0.484. The number of alkyl halides is 3. The lowest BCUT2D eigenvalue weighted by Gasteiger charge is -2.15. The fourth-order valence-electron chi connectivity index (χ4n) is 1.40. The van der Waals surface area contributed by atoms with E-state index in [0.29, 0.717) is 12.2 Å². The van der Waals surface area contributed by atoms with Gasteiger partial charge >= 0.3 is 6.36 Å². The van der Waals surface area contributed by atoms with Crippen LogP contribution in [0.4, 0.5) is 18.9 Å². The molecule has 0 bridgehead atoms. The third-order valence-electron chi connectivity index (χ3n) is 2.22. The summed E-state index contributed by atoms with van der Waals surface area (Å²) in [6.07, 6.45) is -4.71. The van der Waals surface area contributed by atoms with Gasteiger partial charge in [-0.15, -0.1) is 13.2 Å². The first-order chi connectivity index (χ1) is 8.81. The minimum Gasteiger partial charge on any atom is -0.406 e. The van der Waals surface area contributed by atoms with E-state index in [2.05, 4.69) is 15.4 Å². The first kappa shape index (κ1) is 15.1. The van der Waals surface area contributed by atoms with Crippen molar-refractivity contribution in [2.75, 3.05) is 11.9 Å². The molecule has 1 aromatic carbocycles. The molecule has 1 aromatic rings. The second kappa shape index (κ2) is 6.31. The quantitative estimate of drug-likeness (QED) is 0.869. The number of rotatable bonds is 5. The fourth-order valence-corrected chi connectivity index (χ4v) is 1.40. The van der Waals surface area contributed by atoms with Crippen LogP contribution >= 0.6 is 0 Å². The average molecular weight is 276 g/mol. The predicted octanol–water partition coefficient (Wildman–Crippen LogP) is 2.52. The zero-order valence-corrected chi connectivity index (χ0v) is 10.5. The van der Waals surface area contributed by atoms with E-state index in [1.54, 1.807) is 13.8 Å². The molecule has 7 heteroatoms. The van der Waals surface area contributed by atoms with Gasteiger partial charge in [0, 0.05) is 12.2 Å². The van der Waals surface area contributed by atoms with Crippen LogP contribution in [0.1, 0.15) is 13.8 Å². The summed E-state index contributed by atoms with van der Waals surface area (Å²) >= 11 is 0. The van der Waals surface area contributed by atoms with E-state index in [4.69, 9.17) is 0 Å². The van der Waals surface area contributed by atoms with Gasteiger partial charge in [-0.3, -0.25) is 4.79 Å². The average Bonchev–Trinajstić information content (AvgIpc) is 2.30. The van der Waals surface area contributed by atoms with Crippen LogP contribution in [0.5, 0.6) is 5.75 Å². The summed E-state index contributed by atoms with van der Waals surface area (Å²) in [7, 11) is 0. The molecule has 0 spiro atoms. The zero-order chi connectivity index (χ0) is 14.5. The second-order valence-corrected chi connectivity index (χ2v) is 3.83. The lowest BCUT2D eigenvalue weighted by molar-refractivity contribution is -0.274. The Kier molecular flexibility index (Phi) is 5.02. The van der Waals surface area contributed by atoms with Gasteiger partial charge in [0.05, 0.1) is 0 Å². The normalized spacial score (nSPS) is 12.7. The standard InChI is InChI=1S/C12H15F3N2O2/c1-3-16-11(18)8(2)17-9-4-6-10(7-5-9)19-12(13,14)15/h4-8,17H,3H2,1-2H3,(H,16,18). The summed E-state index contributed by atoms with van der Waals surface area (Å²) in [6, 6.07) is 4.71. The van der Waals surface area contributed by atoms with Gasteiger partial charge in [-0.05, 0) is 38.1 Å². The highest BCUT2D eigenvalue weighted by Crippen LogP contribution is 2.24. The number of hydrogen-bond acceptors (Lipinski definition) is 3. The summed E-state index contributed by atoms with van der Waals surface area (Å²) in [6.45, 7) is 3.97. The SMILES string of the molecule is CCNC(=O)C(C)Nc1ccc(OC(F)(F)F)cc1. The van der Waals surface area contributed by atoms with Crippen LogP contribution < -0.4 is 15.4 Å². The van der Waals surface area contributed by atoms with E-state index in [1.165, 1.54) is 24.3 Å². The van der Waals surface area contributed by atoms with Crippen molar-refractivity contribution in [1.29, 1.82) is 0 Å². The molecule has 106 valence electrons. The molecule has 0 aliphatic heterocycles. The van der Waals surface area contributed by atoms with Crippen LogP contribution in [0.3, 0.4) is 0 Å². The van der Waals surface area contributed by atoms with Gasteiger partial charge in [0.2, 0.25) is 5.91 Å². The lowest BCUT2D eigenvalue weighted by Crippen LogP contribution is -2.37. The molecule has 4 nitrogen and oxygen atoms in total. The Hall–Kier alpha value is -1.92. The van der Waals surface area contributed by atoms with E-state index in [9.17, 15) is 18.0 Å². The van der Waals surface area contributed by atoms with Gasteiger partial charge < -0.3 is 15.4 Å². The van der Waals surface area contributed by atoms with Crippen LogP contribution in [0, 0.1) is 0 Å². The van der Waals surface area contributed by atoms with Crippen LogP contribution in [0.2, 0.25) is 0 Å². The number of ether oxygens (including phenoxy) is 1. The first-order valence-electron chi connectivity index (χ1n) is 5.72. The number of carbonyl (C=O) groups excluding carboxylic acids is 1. The summed E-state index contributed by atoms with van der Waals surface area (Å²) < 4.78 is 39.6. The highest BCUT2D eigenvalue weighted by atomic mass is 19.4. The Balaban J connectivity index is 2.59. The number of amides is 1. The smallest absolute Gasteiger partial charge is 0.406 e. The summed E-state index contributed by atoms with van der Waals surface area (Å²) in [5.41, 5.74) is 0.535. The van der Waals surface area contributed by atoms with E-state index < -0.39 is 12.4 Å². The molecular weight excluding hydrogens is 261 g/mol. The molecule has 0 aliphatic rings. The second-order valence-electron chi connectivity index (χ2n) is 3.83. The minimum atomic E-state index is -4.71. The number of carbonyl (C=O) groups is 1. The molecule has 19 heavy (non-hydrogen) atoms. The molecule has 0 saturated carbocycles. The maximum atomic E-state index is 12.0. The molecule has 0 heterocycles. The highest BCUT2D eigenvalue weighted by Gasteiger charge is 2.30. The van der Waals surface area contributed by atoms with Crippen molar-refractivity contribution in [3.63, 3.8) is 0 Å². The Morgan fingerprint density at radius 2 is 1.89 bits per heavy atom. The van der Waals surface area contributed by atoms with E-state index >= 15 is 0 Å².